The van der Waals surface area contributed by atoms with Crippen molar-refractivity contribution in [2.24, 2.45) is 0 Å². The number of halogens is 2. The SMILES string of the molecule is COc1ccc(N(C)CCOC(=O)C2=C(C)NC(C)=C(C(=O)OCCN(C)c3ccc(OC)cc3)C2c2cccc([N+](=O)[O-])c2)cc1.Cl.Cl. The van der Waals surface area contributed by atoms with Crippen LogP contribution in [-0.4, -0.2) is 71.5 Å². The van der Waals surface area contributed by atoms with Gasteiger partial charge in [0.05, 0.1) is 49.3 Å². The number of nitro benzene ring substituents is 1. The highest BCUT2D eigenvalue weighted by atomic mass is 35.5. The predicted octanol–water partition coefficient (Wildman–Crippen LogP) is 6.05. The molecule has 12 nitrogen and oxygen atoms in total. The number of rotatable bonds is 14. The molecule has 1 aliphatic heterocycles. The van der Waals surface area contributed by atoms with Gasteiger partial charge in [-0.3, -0.25) is 10.1 Å². The van der Waals surface area contributed by atoms with Crippen LogP contribution < -0.4 is 24.6 Å². The van der Waals surface area contributed by atoms with Crippen molar-refractivity contribution in [2.45, 2.75) is 19.8 Å². The molecule has 264 valence electrons. The average molecular weight is 718 g/mol. The number of esters is 2. The van der Waals surface area contributed by atoms with E-state index in [1.165, 1.54) is 18.2 Å². The topological polar surface area (TPSA) is 133 Å². The van der Waals surface area contributed by atoms with Gasteiger partial charge in [0.2, 0.25) is 0 Å². The van der Waals surface area contributed by atoms with Crippen molar-refractivity contribution in [1.82, 2.24) is 5.32 Å². The summed E-state index contributed by atoms with van der Waals surface area (Å²) < 4.78 is 21.9. The molecule has 14 heteroatoms. The number of allylic oxidation sites excluding steroid dienone is 2. The zero-order chi connectivity index (χ0) is 34.1. The van der Waals surface area contributed by atoms with Crippen LogP contribution in [0.3, 0.4) is 0 Å². The minimum atomic E-state index is -0.963. The molecule has 0 fully saturated rings. The summed E-state index contributed by atoms with van der Waals surface area (Å²) in [5.74, 6) is -0.794. The lowest BCUT2D eigenvalue weighted by molar-refractivity contribution is -0.384. The molecule has 0 amide bonds. The number of benzene rings is 3. The van der Waals surface area contributed by atoms with Crippen LogP contribution in [0.25, 0.3) is 0 Å². The van der Waals surface area contributed by atoms with Crippen LogP contribution >= 0.6 is 24.8 Å². The normalized spacial score (nSPS) is 12.5. The number of nitrogens with zero attached hydrogens (tertiary/aromatic N) is 3. The molecule has 1 heterocycles. The smallest absolute Gasteiger partial charge is 0.336 e. The van der Waals surface area contributed by atoms with Crippen molar-refractivity contribution in [3.63, 3.8) is 0 Å². The Morgan fingerprint density at radius 3 is 1.57 bits per heavy atom. The van der Waals surface area contributed by atoms with Crippen molar-refractivity contribution in [3.8, 4) is 11.5 Å². The van der Waals surface area contributed by atoms with Gasteiger partial charge >= 0.3 is 11.9 Å². The largest absolute Gasteiger partial charge is 0.497 e. The van der Waals surface area contributed by atoms with Gasteiger partial charge in [-0.05, 0) is 67.9 Å². The summed E-state index contributed by atoms with van der Waals surface area (Å²) >= 11 is 0. The van der Waals surface area contributed by atoms with Crippen LogP contribution in [0.1, 0.15) is 25.3 Å². The van der Waals surface area contributed by atoms with Crippen molar-refractivity contribution in [1.29, 1.82) is 0 Å². The summed E-state index contributed by atoms with van der Waals surface area (Å²) in [6.45, 7) is 4.31. The summed E-state index contributed by atoms with van der Waals surface area (Å²) in [7, 11) is 6.95. The third-order valence-corrected chi connectivity index (χ3v) is 7.96. The number of nitrogens with one attached hydrogen (secondary N) is 1. The van der Waals surface area contributed by atoms with Crippen LogP contribution in [-0.2, 0) is 19.1 Å². The van der Waals surface area contributed by atoms with E-state index >= 15 is 0 Å². The zero-order valence-electron chi connectivity index (χ0n) is 28.3. The zero-order valence-corrected chi connectivity index (χ0v) is 29.9. The second-order valence-corrected chi connectivity index (χ2v) is 11.0. The standard InChI is InChI=1S/C35H40N4O8.2ClH/c1-23-31(34(40)46-20-18-37(3)26-10-14-29(44-5)15-11-26)33(25-8-7-9-28(22-25)39(42)43)32(24(2)36-23)35(41)47-21-19-38(4)27-12-16-30(45-6)17-13-27;;/h7-17,22,33,36H,18-21H2,1-6H3;2*1H. The van der Waals surface area contributed by atoms with Gasteiger partial charge in [-0.2, -0.15) is 0 Å². The maximum atomic E-state index is 13.7. The van der Waals surface area contributed by atoms with E-state index < -0.39 is 22.8 Å². The molecule has 0 atom stereocenters. The molecule has 0 aromatic heterocycles. The first-order valence-electron chi connectivity index (χ1n) is 15.0. The third-order valence-electron chi connectivity index (χ3n) is 7.96. The van der Waals surface area contributed by atoms with Crippen LogP contribution in [0.2, 0.25) is 0 Å². The van der Waals surface area contributed by atoms with E-state index in [0.29, 0.717) is 30.0 Å². The summed E-state index contributed by atoms with van der Waals surface area (Å²) in [6, 6.07) is 20.9. The number of likely N-dealkylation sites (N-methyl/N-ethyl adjacent to an activating group) is 2. The summed E-state index contributed by atoms with van der Waals surface area (Å²) in [6.07, 6.45) is 0. The van der Waals surface area contributed by atoms with E-state index in [9.17, 15) is 19.7 Å². The molecule has 1 aliphatic rings. The fourth-order valence-corrected chi connectivity index (χ4v) is 5.32. The fraction of sp³-hybridized carbons (Fsp3) is 0.314. The molecule has 3 aromatic rings. The van der Waals surface area contributed by atoms with Gasteiger partial charge in [-0.1, -0.05) is 12.1 Å². The average Bonchev–Trinajstić information content (AvgIpc) is 3.07. The van der Waals surface area contributed by atoms with Gasteiger partial charge in [0.15, 0.2) is 0 Å². The van der Waals surface area contributed by atoms with E-state index in [2.05, 4.69) is 5.32 Å². The van der Waals surface area contributed by atoms with Crippen LogP contribution in [0.5, 0.6) is 11.5 Å². The minimum Gasteiger partial charge on any atom is -0.497 e. The van der Waals surface area contributed by atoms with Gasteiger partial charge in [0, 0.05) is 49.0 Å². The lowest BCUT2D eigenvalue weighted by atomic mass is 9.80. The maximum absolute atomic E-state index is 13.7. The molecular weight excluding hydrogens is 675 g/mol. The van der Waals surface area contributed by atoms with Crippen LogP contribution in [0.15, 0.2) is 95.3 Å². The molecule has 0 unspecified atom stereocenters. The Morgan fingerprint density at radius 2 is 1.18 bits per heavy atom. The first-order valence-corrected chi connectivity index (χ1v) is 15.0. The van der Waals surface area contributed by atoms with E-state index in [-0.39, 0.29) is 54.9 Å². The molecule has 0 aliphatic carbocycles. The Bertz CT molecular complexity index is 1570. The Morgan fingerprint density at radius 1 is 0.755 bits per heavy atom. The van der Waals surface area contributed by atoms with Gasteiger partial charge in [-0.15, -0.1) is 24.8 Å². The van der Waals surface area contributed by atoms with Crippen molar-refractivity contribution < 1.29 is 33.5 Å². The lowest BCUT2D eigenvalue weighted by Crippen LogP contribution is -2.34. The van der Waals surface area contributed by atoms with E-state index in [0.717, 1.165) is 22.9 Å². The Labute approximate surface area is 298 Å². The monoisotopic (exact) mass is 716 g/mol. The third kappa shape index (κ3) is 10.0. The first-order chi connectivity index (χ1) is 22.5. The first kappa shape index (κ1) is 40.2. The Balaban J connectivity index is 0.00000417. The summed E-state index contributed by atoms with van der Waals surface area (Å²) in [5.41, 5.74) is 3.34. The minimum absolute atomic E-state index is 0. The number of hydrogen-bond donors (Lipinski definition) is 1. The molecule has 0 saturated carbocycles. The predicted molar refractivity (Wildman–Crippen MR) is 193 cm³/mol. The molecule has 0 radical (unpaired) electrons. The Kier molecular flexibility index (Phi) is 15.2. The van der Waals surface area contributed by atoms with Gasteiger partial charge in [-0.25, -0.2) is 9.59 Å². The van der Waals surface area contributed by atoms with Crippen LogP contribution in [0.4, 0.5) is 17.1 Å². The number of nitro groups is 1. The molecule has 0 saturated heterocycles. The van der Waals surface area contributed by atoms with Crippen molar-refractivity contribution in [3.05, 3.63) is 111 Å². The molecule has 1 N–H and O–H groups in total. The number of hydrogen-bond acceptors (Lipinski definition) is 11. The maximum Gasteiger partial charge on any atom is 0.336 e. The van der Waals surface area contributed by atoms with Crippen molar-refractivity contribution in [2.75, 3.05) is 64.4 Å². The highest BCUT2D eigenvalue weighted by Crippen LogP contribution is 2.40. The number of methoxy groups -OCH3 is 2. The number of carbonyl (C=O) groups is 2. The second-order valence-electron chi connectivity index (χ2n) is 11.0. The highest BCUT2D eigenvalue weighted by Gasteiger charge is 2.38. The van der Waals surface area contributed by atoms with E-state index in [1.54, 1.807) is 34.1 Å². The lowest BCUT2D eigenvalue weighted by Gasteiger charge is -2.31. The number of carbonyl (C=O) groups excluding carboxylic acids is 2. The molecule has 4 rings (SSSR count). The molecule has 3 aromatic carbocycles. The molecular formula is C35H42Cl2N4O8. The van der Waals surface area contributed by atoms with E-state index in [4.69, 9.17) is 18.9 Å². The number of non-ortho nitro benzene ring substituents is 1. The quantitative estimate of drug-likeness (QED) is 0.119. The molecule has 49 heavy (non-hydrogen) atoms. The molecule has 0 spiro atoms. The van der Waals surface area contributed by atoms with Gasteiger partial charge in [0.25, 0.3) is 5.69 Å². The molecule has 0 bridgehead atoms. The van der Waals surface area contributed by atoms with Crippen LogP contribution in [0, 0.1) is 10.1 Å². The second kappa shape index (κ2) is 18.6. The number of anilines is 2. The number of dihydropyridines is 1. The number of ether oxygens (including phenoxy) is 4. The Hall–Kier alpha value is -4.94. The summed E-state index contributed by atoms with van der Waals surface area (Å²) in [4.78, 5) is 42.4. The van der Waals surface area contributed by atoms with E-state index in [1.807, 2.05) is 72.4 Å². The van der Waals surface area contributed by atoms with Gasteiger partial charge in [0.1, 0.15) is 24.7 Å². The van der Waals surface area contributed by atoms with Gasteiger partial charge < -0.3 is 34.1 Å². The van der Waals surface area contributed by atoms with Crippen molar-refractivity contribution >= 4 is 53.8 Å². The fourth-order valence-electron chi connectivity index (χ4n) is 5.32. The summed E-state index contributed by atoms with van der Waals surface area (Å²) in [5, 5.41) is 14.8. The highest BCUT2D eigenvalue weighted by molar-refractivity contribution is 6.00.